The molecule has 1 fully saturated rings. The molecule has 27 heavy (non-hydrogen) atoms. The van der Waals surface area contributed by atoms with Gasteiger partial charge in [-0.3, -0.25) is 9.59 Å². The summed E-state index contributed by atoms with van der Waals surface area (Å²) in [4.78, 5) is 28.9. The van der Waals surface area contributed by atoms with E-state index in [-0.39, 0.29) is 17.1 Å². The van der Waals surface area contributed by atoms with Crippen molar-refractivity contribution in [1.29, 1.82) is 0 Å². The third-order valence-corrected chi connectivity index (χ3v) is 5.71. The summed E-state index contributed by atoms with van der Waals surface area (Å²) in [7, 11) is 0. The molecule has 2 aliphatic heterocycles. The highest BCUT2D eigenvalue weighted by Gasteiger charge is 2.42. The molecule has 0 aromatic heterocycles. The second kappa shape index (κ2) is 8.26. The van der Waals surface area contributed by atoms with Crippen molar-refractivity contribution in [1.82, 2.24) is 9.80 Å². The minimum Gasteiger partial charge on any atom is -0.503 e. The number of rotatable bonds is 6. The first kappa shape index (κ1) is 19.6. The van der Waals surface area contributed by atoms with Crippen LogP contribution in [0.4, 0.5) is 0 Å². The van der Waals surface area contributed by atoms with E-state index in [2.05, 4.69) is 18.7 Å². The molecule has 1 saturated heterocycles. The first-order chi connectivity index (χ1) is 12.9. The summed E-state index contributed by atoms with van der Waals surface area (Å²) in [5.74, 6) is -0.663. The molecule has 5 nitrogen and oxygen atoms in total. The predicted molar refractivity (Wildman–Crippen MR) is 106 cm³/mol. The van der Waals surface area contributed by atoms with Gasteiger partial charge in [-0.05, 0) is 49.9 Å². The van der Waals surface area contributed by atoms with Crippen LogP contribution in [-0.4, -0.2) is 52.8 Å². The molecule has 146 valence electrons. The number of nitrogens with zero attached hydrogens (tertiary/aromatic N) is 2. The number of hydrogen-bond donors (Lipinski definition) is 1. The van der Waals surface area contributed by atoms with E-state index < -0.39 is 11.9 Å². The van der Waals surface area contributed by atoms with Gasteiger partial charge < -0.3 is 14.9 Å². The number of amides is 1. The molecule has 1 N–H and O–H groups in total. The number of hydrogen-bond acceptors (Lipinski definition) is 4. The predicted octanol–water partition coefficient (Wildman–Crippen LogP) is 3.58. The van der Waals surface area contributed by atoms with Crippen LogP contribution in [0.25, 0.3) is 0 Å². The third-order valence-electron chi connectivity index (χ3n) is 5.71. The molecule has 0 spiro atoms. The van der Waals surface area contributed by atoms with E-state index in [1.807, 2.05) is 24.3 Å². The normalized spacial score (nSPS) is 21.4. The van der Waals surface area contributed by atoms with Crippen molar-refractivity contribution < 1.29 is 14.7 Å². The summed E-state index contributed by atoms with van der Waals surface area (Å²) < 4.78 is 0. The lowest BCUT2D eigenvalue weighted by molar-refractivity contribution is -0.129. The average Bonchev–Trinajstić information content (AvgIpc) is 2.92. The van der Waals surface area contributed by atoms with Crippen molar-refractivity contribution in [3.8, 4) is 0 Å². The molecular weight excluding hydrogens is 340 g/mol. The maximum atomic E-state index is 12.7. The van der Waals surface area contributed by atoms with Crippen molar-refractivity contribution in [2.45, 2.75) is 52.0 Å². The minimum absolute atomic E-state index is 0.218. The third kappa shape index (κ3) is 4.08. The molecule has 2 heterocycles. The second-order valence-corrected chi connectivity index (χ2v) is 7.94. The Labute approximate surface area is 161 Å². The molecule has 1 atom stereocenters. The van der Waals surface area contributed by atoms with Gasteiger partial charge in [0.1, 0.15) is 0 Å². The molecular formula is C22H30N2O3. The molecule has 0 radical (unpaired) electrons. The van der Waals surface area contributed by atoms with E-state index >= 15 is 0 Å². The Morgan fingerprint density at radius 3 is 2.30 bits per heavy atom. The Kier molecular flexibility index (Phi) is 6.00. The highest BCUT2D eigenvalue weighted by Crippen LogP contribution is 2.37. The van der Waals surface area contributed by atoms with Crippen molar-refractivity contribution >= 4 is 11.7 Å². The van der Waals surface area contributed by atoms with Gasteiger partial charge in [-0.2, -0.15) is 0 Å². The van der Waals surface area contributed by atoms with Crippen LogP contribution in [0, 0.1) is 0 Å². The lowest BCUT2D eigenvalue weighted by Gasteiger charge is -2.31. The summed E-state index contributed by atoms with van der Waals surface area (Å²) in [5, 5.41) is 10.4. The van der Waals surface area contributed by atoms with Crippen LogP contribution in [0.3, 0.4) is 0 Å². The smallest absolute Gasteiger partial charge is 0.290 e. The maximum absolute atomic E-state index is 12.7. The Bertz CT molecular complexity index is 730. The van der Waals surface area contributed by atoms with Gasteiger partial charge in [0.2, 0.25) is 0 Å². The van der Waals surface area contributed by atoms with E-state index in [1.54, 1.807) is 4.90 Å². The number of Topliss-reactive ketones (excluding diaryl/α,β-unsaturated/α-hetero) is 1. The minimum atomic E-state index is -0.499. The van der Waals surface area contributed by atoms with Gasteiger partial charge in [0, 0.05) is 13.1 Å². The zero-order chi connectivity index (χ0) is 19.6. The molecule has 5 heteroatoms. The Hall–Kier alpha value is -2.14. The largest absolute Gasteiger partial charge is 0.503 e. The SMILES string of the molecule is CC(=O)C1=C(O)C(=O)N(CCN2CCCCC2)C1c1ccc(C(C)C)cc1. The molecule has 0 saturated carbocycles. The summed E-state index contributed by atoms with van der Waals surface area (Å²) in [6.07, 6.45) is 3.65. The van der Waals surface area contributed by atoms with E-state index in [9.17, 15) is 14.7 Å². The molecule has 1 aromatic rings. The maximum Gasteiger partial charge on any atom is 0.290 e. The van der Waals surface area contributed by atoms with Crippen molar-refractivity contribution in [2.24, 2.45) is 0 Å². The number of aliphatic hydroxyl groups excluding tert-OH is 1. The number of benzene rings is 1. The van der Waals surface area contributed by atoms with Gasteiger partial charge >= 0.3 is 0 Å². The number of carbonyl (C=O) groups excluding carboxylic acids is 2. The molecule has 1 aromatic carbocycles. The standard InChI is InChI=1S/C22H30N2O3/c1-15(2)17-7-9-18(10-8-17)20-19(16(3)25)21(26)22(27)24(20)14-13-23-11-5-4-6-12-23/h7-10,15,20,26H,4-6,11-14H2,1-3H3. The van der Waals surface area contributed by atoms with Crippen LogP contribution >= 0.6 is 0 Å². The number of piperidine rings is 1. The Morgan fingerprint density at radius 1 is 1.11 bits per heavy atom. The fraction of sp³-hybridized carbons (Fsp3) is 0.545. The van der Waals surface area contributed by atoms with Crippen LogP contribution < -0.4 is 0 Å². The van der Waals surface area contributed by atoms with Gasteiger partial charge in [-0.15, -0.1) is 0 Å². The van der Waals surface area contributed by atoms with Crippen LogP contribution in [0.15, 0.2) is 35.6 Å². The van der Waals surface area contributed by atoms with Crippen LogP contribution in [0.1, 0.15) is 63.1 Å². The molecule has 1 unspecified atom stereocenters. The summed E-state index contributed by atoms with van der Waals surface area (Å²) in [5.41, 5.74) is 2.30. The quantitative estimate of drug-likeness (QED) is 0.831. The van der Waals surface area contributed by atoms with E-state index in [4.69, 9.17) is 0 Å². The van der Waals surface area contributed by atoms with Crippen molar-refractivity contribution in [3.63, 3.8) is 0 Å². The number of ketones is 1. The summed E-state index contributed by atoms with van der Waals surface area (Å²) >= 11 is 0. The first-order valence-corrected chi connectivity index (χ1v) is 9.97. The van der Waals surface area contributed by atoms with E-state index in [0.29, 0.717) is 12.5 Å². The van der Waals surface area contributed by atoms with Gasteiger partial charge in [0.05, 0.1) is 11.6 Å². The highest BCUT2D eigenvalue weighted by molar-refractivity contribution is 6.08. The highest BCUT2D eigenvalue weighted by atomic mass is 16.3. The molecule has 3 rings (SSSR count). The zero-order valence-electron chi connectivity index (χ0n) is 16.6. The van der Waals surface area contributed by atoms with Crippen molar-refractivity contribution in [3.05, 3.63) is 46.7 Å². The lowest BCUT2D eigenvalue weighted by atomic mass is 9.94. The number of aliphatic hydroxyl groups is 1. The lowest BCUT2D eigenvalue weighted by Crippen LogP contribution is -2.40. The monoisotopic (exact) mass is 370 g/mol. The summed E-state index contributed by atoms with van der Waals surface area (Å²) in [6.45, 7) is 9.06. The number of carbonyl (C=O) groups is 2. The average molecular weight is 370 g/mol. The zero-order valence-corrected chi connectivity index (χ0v) is 16.6. The molecule has 2 aliphatic rings. The van der Waals surface area contributed by atoms with Gasteiger partial charge in [0.15, 0.2) is 11.5 Å². The summed E-state index contributed by atoms with van der Waals surface area (Å²) in [6, 6.07) is 7.53. The van der Waals surface area contributed by atoms with E-state index in [0.717, 1.165) is 25.2 Å². The Balaban J connectivity index is 1.86. The van der Waals surface area contributed by atoms with Gasteiger partial charge in [-0.25, -0.2) is 0 Å². The first-order valence-electron chi connectivity index (χ1n) is 9.97. The molecule has 0 bridgehead atoms. The van der Waals surface area contributed by atoms with Gasteiger partial charge in [0.25, 0.3) is 5.91 Å². The van der Waals surface area contributed by atoms with Crippen molar-refractivity contribution in [2.75, 3.05) is 26.2 Å². The van der Waals surface area contributed by atoms with Gasteiger partial charge in [-0.1, -0.05) is 44.5 Å². The second-order valence-electron chi connectivity index (χ2n) is 7.94. The van der Waals surface area contributed by atoms with Crippen LogP contribution in [0.2, 0.25) is 0 Å². The molecule has 0 aliphatic carbocycles. The van der Waals surface area contributed by atoms with E-state index in [1.165, 1.54) is 31.7 Å². The fourth-order valence-corrected chi connectivity index (χ4v) is 4.09. The Morgan fingerprint density at radius 2 is 1.74 bits per heavy atom. The topological polar surface area (TPSA) is 60.9 Å². The number of likely N-dealkylation sites (tertiary alicyclic amines) is 1. The van der Waals surface area contributed by atoms with Crippen LogP contribution in [-0.2, 0) is 9.59 Å². The van der Waals surface area contributed by atoms with Crippen LogP contribution in [0.5, 0.6) is 0 Å². The molecule has 1 amide bonds. The fourth-order valence-electron chi connectivity index (χ4n) is 4.09.